The van der Waals surface area contributed by atoms with Gasteiger partial charge in [0.25, 0.3) is 0 Å². The van der Waals surface area contributed by atoms with E-state index in [1.165, 1.54) is 12.1 Å². The van der Waals surface area contributed by atoms with Crippen LogP contribution >= 0.6 is 11.6 Å². The predicted molar refractivity (Wildman–Crippen MR) is 105 cm³/mol. The SMILES string of the molecule is O=C(O)Cc1ccc(C2CCCCC2NS(=O)(=O)c2ccc(Cl)cc2)cc1. The van der Waals surface area contributed by atoms with Gasteiger partial charge in [-0.3, -0.25) is 4.79 Å². The second-order valence-electron chi connectivity index (χ2n) is 6.88. The number of halogens is 1. The highest BCUT2D eigenvalue weighted by molar-refractivity contribution is 7.89. The lowest BCUT2D eigenvalue weighted by Gasteiger charge is -2.32. The average molecular weight is 408 g/mol. The molecule has 2 unspecified atom stereocenters. The van der Waals surface area contributed by atoms with Crippen LogP contribution in [-0.2, 0) is 21.2 Å². The summed E-state index contributed by atoms with van der Waals surface area (Å²) in [6.07, 6.45) is 3.67. The second-order valence-corrected chi connectivity index (χ2v) is 9.04. The number of rotatable bonds is 6. The van der Waals surface area contributed by atoms with Crippen molar-refractivity contribution in [3.63, 3.8) is 0 Å². The van der Waals surface area contributed by atoms with Crippen molar-refractivity contribution in [3.05, 3.63) is 64.7 Å². The van der Waals surface area contributed by atoms with Crippen molar-refractivity contribution in [1.29, 1.82) is 0 Å². The number of nitrogens with one attached hydrogen (secondary N) is 1. The van der Waals surface area contributed by atoms with Crippen LogP contribution in [0, 0.1) is 0 Å². The van der Waals surface area contributed by atoms with Gasteiger partial charge < -0.3 is 5.11 Å². The lowest BCUT2D eigenvalue weighted by Crippen LogP contribution is -2.40. The van der Waals surface area contributed by atoms with Crippen LogP contribution in [0.25, 0.3) is 0 Å². The molecule has 0 radical (unpaired) electrons. The summed E-state index contributed by atoms with van der Waals surface area (Å²) >= 11 is 5.85. The van der Waals surface area contributed by atoms with Gasteiger partial charge in [-0.05, 0) is 48.2 Å². The zero-order chi connectivity index (χ0) is 19.4. The average Bonchev–Trinajstić information content (AvgIpc) is 2.62. The molecule has 2 aromatic carbocycles. The number of carboxylic acid groups (broad SMARTS) is 1. The molecule has 2 atom stereocenters. The summed E-state index contributed by atoms with van der Waals surface area (Å²) in [6, 6.07) is 13.4. The molecular weight excluding hydrogens is 386 g/mol. The Kier molecular flexibility index (Phi) is 6.19. The third-order valence-electron chi connectivity index (χ3n) is 4.96. The maximum atomic E-state index is 12.7. The molecule has 0 amide bonds. The molecule has 27 heavy (non-hydrogen) atoms. The first-order valence-corrected chi connectivity index (χ1v) is 10.8. The van der Waals surface area contributed by atoms with Crippen molar-refractivity contribution in [2.24, 2.45) is 0 Å². The monoisotopic (exact) mass is 407 g/mol. The number of hydrogen-bond donors (Lipinski definition) is 2. The van der Waals surface area contributed by atoms with Gasteiger partial charge in [-0.15, -0.1) is 0 Å². The topological polar surface area (TPSA) is 83.5 Å². The number of sulfonamides is 1. The van der Waals surface area contributed by atoms with E-state index in [0.717, 1.165) is 36.8 Å². The van der Waals surface area contributed by atoms with Gasteiger partial charge in [0.15, 0.2) is 0 Å². The van der Waals surface area contributed by atoms with Crippen molar-refractivity contribution in [2.45, 2.75) is 49.0 Å². The van der Waals surface area contributed by atoms with Gasteiger partial charge >= 0.3 is 5.97 Å². The summed E-state index contributed by atoms with van der Waals surface area (Å²) in [5.41, 5.74) is 1.77. The molecule has 0 aromatic heterocycles. The summed E-state index contributed by atoms with van der Waals surface area (Å²) in [5, 5.41) is 9.39. The Labute approximate surface area is 164 Å². The lowest BCUT2D eigenvalue weighted by molar-refractivity contribution is -0.136. The Hall–Kier alpha value is -1.89. The zero-order valence-electron chi connectivity index (χ0n) is 14.8. The third-order valence-corrected chi connectivity index (χ3v) is 6.72. The first-order valence-electron chi connectivity index (χ1n) is 8.94. The predicted octanol–water partition coefficient (Wildman–Crippen LogP) is 3.97. The third kappa shape index (κ3) is 5.09. The minimum absolute atomic E-state index is 0.0163. The Balaban J connectivity index is 1.79. The van der Waals surface area contributed by atoms with E-state index >= 15 is 0 Å². The number of carboxylic acids is 1. The maximum absolute atomic E-state index is 12.7. The van der Waals surface area contributed by atoms with E-state index in [9.17, 15) is 13.2 Å². The van der Waals surface area contributed by atoms with Gasteiger partial charge in [-0.2, -0.15) is 0 Å². The van der Waals surface area contributed by atoms with Crippen molar-refractivity contribution in [3.8, 4) is 0 Å². The molecule has 2 aromatic rings. The van der Waals surface area contributed by atoms with E-state index in [-0.39, 0.29) is 23.3 Å². The fourth-order valence-corrected chi connectivity index (χ4v) is 5.05. The van der Waals surface area contributed by atoms with Gasteiger partial charge in [0, 0.05) is 17.0 Å². The van der Waals surface area contributed by atoms with E-state index < -0.39 is 16.0 Å². The number of benzene rings is 2. The normalized spacial score (nSPS) is 20.3. The molecule has 0 bridgehead atoms. The molecule has 2 N–H and O–H groups in total. The van der Waals surface area contributed by atoms with Gasteiger partial charge in [0.2, 0.25) is 10.0 Å². The van der Waals surface area contributed by atoms with Crippen LogP contribution < -0.4 is 4.72 Å². The van der Waals surface area contributed by atoms with E-state index in [1.54, 1.807) is 12.1 Å². The summed E-state index contributed by atoms with van der Waals surface area (Å²) in [7, 11) is -3.63. The quantitative estimate of drug-likeness (QED) is 0.758. The van der Waals surface area contributed by atoms with Gasteiger partial charge in [-0.25, -0.2) is 13.1 Å². The summed E-state index contributed by atoms with van der Waals surface area (Å²) < 4.78 is 28.4. The van der Waals surface area contributed by atoms with Crippen LogP contribution in [0.4, 0.5) is 0 Å². The molecule has 0 spiro atoms. The summed E-state index contributed by atoms with van der Waals surface area (Å²) in [5.74, 6) is -0.797. The summed E-state index contributed by atoms with van der Waals surface area (Å²) in [4.78, 5) is 11.0. The van der Waals surface area contributed by atoms with Gasteiger partial charge in [0.05, 0.1) is 11.3 Å². The first kappa shape index (κ1) is 19.9. The van der Waals surface area contributed by atoms with Crippen LogP contribution in [0.2, 0.25) is 5.02 Å². The fraction of sp³-hybridized carbons (Fsp3) is 0.350. The maximum Gasteiger partial charge on any atom is 0.307 e. The Bertz CT molecular complexity index is 895. The minimum Gasteiger partial charge on any atom is -0.481 e. The zero-order valence-corrected chi connectivity index (χ0v) is 16.3. The molecule has 1 aliphatic carbocycles. The van der Waals surface area contributed by atoms with Crippen LogP contribution in [0.5, 0.6) is 0 Å². The van der Waals surface area contributed by atoms with Crippen LogP contribution in [0.15, 0.2) is 53.4 Å². The molecule has 1 fully saturated rings. The molecule has 1 aliphatic rings. The van der Waals surface area contributed by atoms with Crippen LogP contribution in [0.3, 0.4) is 0 Å². The highest BCUT2D eigenvalue weighted by atomic mass is 35.5. The van der Waals surface area contributed by atoms with E-state index in [1.807, 2.05) is 24.3 Å². The van der Waals surface area contributed by atoms with E-state index in [2.05, 4.69) is 4.72 Å². The molecule has 144 valence electrons. The Morgan fingerprint density at radius 1 is 1.04 bits per heavy atom. The van der Waals surface area contributed by atoms with Crippen LogP contribution in [0.1, 0.15) is 42.7 Å². The van der Waals surface area contributed by atoms with Gasteiger partial charge in [0.1, 0.15) is 0 Å². The van der Waals surface area contributed by atoms with E-state index in [0.29, 0.717) is 5.02 Å². The first-order chi connectivity index (χ1) is 12.8. The molecule has 0 aliphatic heterocycles. The highest BCUT2D eigenvalue weighted by Crippen LogP contribution is 2.34. The molecular formula is C20H22ClNO4S. The molecule has 0 saturated heterocycles. The lowest BCUT2D eigenvalue weighted by atomic mass is 9.80. The van der Waals surface area contributed by atoms with Crippen molar-refractivity contribution >= 4 is 27.6 Å². The largest absolute Gasteiger partial charge is 0.481 e. The highest BCUT2D eigenvalue weighted by Gasteiger charge is 2.30. The molecule has 1 saturated carbocycles. The number of hydrogen-bond acceptors (Lipinski definition) is 3. The van der Waals surface area contributed by atoms with Crippen molar-refractivity contribution < 1.29 is 18.3 Å². The minimum atomic E-state index is -3.63. The van der Waals surface area contributed by atoms with Crippen LogP contribution in [-0.4, -0.2) is 25.5 Å². The van der Waals surface area contributed by atoms with Crippen molar-refractivity contribution in [1.82, 2.24) is 4.72 Å². The number of aliphatic carboxylic acids is 1. The van der Waals surface area contributed by atoms with Gasteiger partial charge in [-0.1, -0.05) is 48.7 Å². The molecule has 0 heterocycles. The smallest absolute Gasteiger partial charge is 0.307 e. The Morgan fingerprint density at radius 2 is 1.67 bits per heavy atom. The standard InChI is InChI=1S/C20H22ClNO4S/c21-16-9-11-17(12-10-16)27(25,26)22-19-4-2-1-3-18(19)15-7-5-14(6-8-15)13-20(23)24/h5-12,18-19,22H,1-4,13H2,(H,23,24). The fourth-order valence-electron chi connectivity index (χ4n) is 3.61. The molecule has 3 rings (SSSR count). The van der Waals surface area contributed by atoms with Crippen molar-refractivity contribution in [2.75, 3.05) is 0 Å². The Morgan fingerprint density at radius 3 is 2.30 bits per heavy atom. The summed E-state index contributed by atoms with van der Waals surface area (Å²) in [6.45, 7) is 0. The molecule has 5 nitrogen and oxygen atoms in total. The number of carbonyl (C=O) groups is 1. The van der Waals surface area contributed by atoms with E-state index in [4.69, 9.17) is 16.7 Å². The second kappa shape index (κ2) is 8.42. The molecule has 7 heteroatoms.